The van der Waals surface area contributed by atoms with Crippen LogP contribution in [0.1, 0.15) is 56.6 Å². The molecule has 0 unspecified atom stereocenters. The van der Waals surface area contributed by atoms with Gasteiger partial charge < -0.3 is 9.80 Å². The van der Waals surface area contributed by atoms with Gasteiger partial charge in [-0.1, -0.05) is 38.1 Å². The summed E-state index contributed by atoms with van der Waals surface area (Å²) in [6.45, 7) is 7.24. The maximum atomic E-state index is 13.3. The van der Waals surface area contributed by atoms with Crippen LogP contribution in [0, 0.1) is 5.41 Å². The first-order valence-corrected chi connectivity index (χ1v) is 11.5. The van der Waals surface area contributed by atoms with Gasteiger partial charge >= 0.3 is 0 Å². The highest BCUT2D eigenvalue weighted by molar-refractivity contribution is 7.98. The maximum absolute atomic E-state index is 13.3. The summed E-state index contributed by atoms with van der Waals surface area (Å²) >= 11 is 1.70. The molecular weight excluding hydrogens is 356 g/mol. The van der Waals surface area contributed by atoms with Crippen molar-refractivity contribution in [2.75, 3.05) is 31.6 Å². The predicted octanol–water partition coefficient (Wildman–Crippen LogP) is 3.90. The van der Waals surface area contributed by atoms with Crippen molar-refractivity contribution in [3.63, 3.8) is 0 Å². The molecule has 2 aliphatic rings. The van der Waals surface area contributed by atoms with Crippen LogP contribution >= 0.6 is 11.8 Å². The zero-order valence-electron chi connectivity index (χ0n) is 16.9. The number of thioether (sulfide) groups is 1. The van der Waals surface area contributed by atoms with Gasteiger partial charge in [0.05, 0.1) is 5.41 Å². The number of piperidine rings is 1. The van der Waals surface area contributed by atoms with E-state index < -0.39 is 0 Å². The molecule has 2 aliphatic heterocycles. The van der Waals surface area contributed by atoms with Gasteiger partial charge in [0.25, 0.3) is 0 Å². The van der Waals surface area contributed by atoms with Crippen molar-refractivity contribution in [2.45, 2.75) is 52.0 Å². The molecule has 2 amide bonds. The molecule has 2 fully saturated rings. The van der Waals surface area contributed by atoms with Crippen molar-refractivity contribution in [2.24, 2.45) is 5.41 Å². The van der Waals surface area contributed by atoms with E-state index in [2.05, 4.69) is 38.1 Å². The van der Waals surface area contributed by atoms with Gasteiger partial charge in [-0.15, -0.1) is 0 Å². The maximum Gasteiger partial charge on any atom is 0.230 e. The first-order chi connectivity index (χ1) is 12.9. The van der Waals surface area contributed by atoms with E-state index in [0.717, 1.165) is 38.1 Å². The molecule has 27 heavy (non-hydrogen) atoms. The fraction of sp³-hybridized carbons (Fsp3) is 0.636. The molecule has 4 nitrogen and oxygen atoms in total. The van der Waals surface area contributed by atoms with E-state index in [1.54, 1.807) is 11.8 Å². The van der Waals surface area contributed by atoms with E-state index >= 15 is 0 Å². The molecule has 0 aromatic heterocycles. The van der Waals surface area contributed by atoms with Gasteiger partial charge in [-0.2, -0.15) is 11.8 Å². The summed E-state index contributed by atoms with van der Waals surface area (Å²) in [5.41, 5.74) is 2.18. The Morgan fingerprint density at radius 2 is 1.93 bits per heavy atom. The molecule has 148 valence electrons. The number of amides is 2. The molecule has 0 bridgehead atoms. The van der Waals surface area contributed by atoms with Crippen LogP contribution in [0.15, 0.2) is 24.3 Å². The van der Waals surface area contributed by atoms with Gasteiger partial charge in [0.2, 0.25) is 11.8 Å². The Hall–Kier alpha value is -1.49. The van der Waals surface area contributed by atoms with Crippen molar-refractivity contribution in [1.82, 2.24) is 9.80 Å². The van der Waals surface area contributed by atoms with E-state index in [1.165, 1.54) is 11.1 Å². The second-order valence-electron chi connectivity index (χ2n) is 8.31. The van der Waals surface area contributed by atoms with Crippen molar-refractivity contribution >= 4 is 23.6 Å². The number of nitrogens with zero attached hydrogens (tertiary/aromatic N) is 2. The Morgan fingerprint density at radius 3 is 2.59 bits per heavy atom. The average molecular weight is 389 g/mol. The summed E-state index contributed by atoms with van der Waals surface area (Å²) in [6.07, 6.45) is 5.37. The van der Waals surface area contributed by atoms with Crippen molar-refractivity contribution < 1.29 is 9.59 Å². The molecule has 1 atom stereocenters. The first-order valence-electron chi connectivity index (χ1n) is 10.1. The van der Waals surface area contributed by atoms with Gasteiger partial charge in [-0.25, -0.2) is 0 Å². The Bertz CT molecular complexity index is 673. The summed E-state index contributed by atoms with van der Waals surface area (Å²) in [7, 11) is 0. The van der Waals surface area contributed by atoms with Crippen LogP contribution in [0.5, 0.6) is 0 Å². The van der Waals surface area contributed by atoms with Gasteiger partial charge in [-0.3, -0.25) is 9.59 Å². The number of hydrogen-bond donors (Lipinski definition) is 0. The lowest BCUT2D eigenvalue weighted by molar-refractivity contribution is -0.146. The fourth-order valence-corrected chi connectivity index (χ4v) is 4.72. The largest absolute Gasteiger partial charge is 0.342 e. The summed E-state index contributed by atoms with van der Waals surface area (Å²) in [6, 6.07) is 8.64. The SMILES string of the molecule is CSCCC(=O)N1CC[C@]2(CCCN(Cc3ccc(C(C)C)cc3)C2=O)C1. The molecule has 2 heterocycles. The molecule has 1 aromatic carbocycles. The second kappa shape index (κ2) is 8.68. The molecule has 5 heteroatoms. The van der Waals surface area contributed by atoms with Crippen LogP contribution in [0.4, 0.5) is 0 Å². The third-order valence-corrected chi connectivity index (χ3v) is 6.68. The van der Waals surface area contributed by atoms with Crippen LogP contribution < -0.4 is 0 Å². The molecule has 0 radical (unpaired) electrons. The molecule has 1 aromatic rings. The van der Waals surface area contributed by atoms with E-state index in [-0.39, 0.29) is 17.2 Å². The monoisotopic (exact) mass is 388 g/mol. The fourth-order valence-electron chi connectivity index (χ4n) is 4.34. The summed E-state index contributed by atoms with van der Waals surface area (Å²) in [5.74, 6) is 1.83. The Balaban J connectivity index is 1.64. The highest BCUT2D eigenvalue weighted by Crippen LogP contribution is 2.40. The Labute approximate surface area is 167 Å². The molecule has 0 aliphatic carbocycles. The average Bonchev–Trinajstić information content (AvgIpc) is 3.09. The van der Waals surface area contributed by atoms with E-state index in [4.69, 9.17) is 0 Å². The van der Waals surface area contributed by atoms with Crippen molar-refractivity contribution in [3.8, 4) is 0 Å². The third-order valence-electron chi connectivity index (χ3n) is 6.07. The number of carbonyl (C=O) groups is 2. The van der Waals surface area contributed by atoms with Crippen molar-refractivity contribution in [1.29, 1.82) is 0 Å². The normalized spacial score (nSPS) is 22.9. The molecule has 2 saturated heterocycles. The summed E-state index contributed by atoms with van der Waals surface area (Å²) < 4.78 is 0. The minimum Gasteiger partial charge on any atom is -0.342 e. The molecular formula is C22H32N2O2S. The molecule has 0 saturated carbocycles. The number of rotatable bonds is 6. The van der Waals surface area contributed by atoms with Crippen LogP contribution in [0.3, 0.4) is 0 Å². The lowest BCUT2D eigenvalue weighted by Gasteiger charge is -2.39. The summed E-state index contributed by atoms with van der Waals surface area (Å²) in [4.78, 5) is 29.6. The number of benzene rings is 1. The minimum absolute atomic E-state index is 0.204. The van der Waals surface area contributed by atoms with Gasteiger partial charge in [-0.05, 0) is 42.6 Å². The first kappa shape index (κ1) is 20.2. The Morgan fingerprint density at radius 1 is 1.19 bits per heavy atom. The highest BCUT2D eigenvalue weighted by atomic mass is 32.2. The topological polar surface area (TPSA) is 40.6 Å². The lowest BCUT2D eigenvalue weighted by Crippen LogP contribution is -2.50. The summed E-state index contributed by atoms with van der Waals surface area (Å²) in [5, 5.41) is 0. The van der Waals surface area contributed by atoms with Crippen LogP contribution in [0.25, 0.3) is 0 Å². The molecule has 1 spiro atoms. The zero-order chi connectivity index (χ0) is 19.4. The molecule has 3 rings (SSSR count). The standard InChI is InChI=1S/C22H32N2O2S/c1-17(2)19-7-5-18(6-8-19)15-23-12-4-10-22(21(23)26)11-13-24(16-22)20(25)9-14-27-3/h5-8,17H,4,9-16H2,1-3H3/t22-/m1/s1. The number of carbonyl (C=O) groups excluding carboxylic acids is 2. The quantitative estimate of drug-likeness (QED) is 0.742. The molecule has 0 N–H and O–H groups in total. The van der Waals surface area contributed by atoms with Gasteiger partial charge in [0, 0.05) is 38.4 Å². The third kappa shape index (κ3) is 4.50. The minimum atomic E-state index is -0.342. The predicted molar refractivity (Wildman–Crippen MR) is 112 cm³/mol. The van der Waals surface area contributed by atoms with E-state index in [0.29, 0.717) is 25.4 Å². The number of hydrogen-bond acceptors (Lipinski definition) is 3. The second-order valence-corrected chi connectivity index (χ2v) is 9.30. The van der Waals surface area contributed by atoms with Gasteiger partial charge in [0.1, 0.15) is 0 Å². The van der Waals surface area contributed by atoms with Gasteiger partial charge in [0.15, 0.2) is 0 Å². The lowest BCUT2D eigenvalue weighted by atomic mass is 9.78. The van der Waals surface area contributed by atoms with Crippen LogP contribution in [-0.4, -0.2) is 53.3 Å². The number of likely N-dealkylation sites (tertiary alicyclic amines) is 2. The Kier molecular flexibility index (Phi) is 6.51. The van der Waals surface area contributed by atoms with Crippen molar-refractivity contribution in [3.05, 3.63) is 35.4 Å². The zero-order valence-corrected chi connectivity index (χ0v) is 17.7. The van der Waals surface area contributed by atoms with Crippen LogP contribution in [-0.2, 0) is 16.1 Å². The van der Waals surface area contributed by atoms with Crippen LogP contribution in [0.2, 0.25) is 0 Å². The highest BCUT2D eigenvalue weighted by Gasteiger charge is 2.49. The van der Waals surface area contributed by atoms with E-state index in [1.807, 2.05) is 16.1 Å². The smallest absolute Gasteiger partial charge is 0.230 e. The van der Waals surface area contributed by atoms with E-state index in [9.17, 15) is 9.59 Å².